The number of ketones is 1. The highest BCUT2D eigenvalue weighted by molar-refractivity contribution is 5.93. The minimum absolute atomic E-state index is 0.0141. The summed E-state index contributed by atoms with van der Waals surface area (Å²) in [6.07, 6.45) is 1.95. The van der Waals surface area contributed by atoms with Gasteiger partial charge in [-0.15, -0.1) is 0 Å². The molecule has 11 heteroatoms. The number of nitrogens with zero attached hydrogens (tertiary/aromatic N) is 1. The number of hydrogen-bond acceptors (Lipinski definition) is 7. The van der Waals surface area contributed by atoms with Crippen LogP contribution in [0.25, 0.3) is 10.8 Å². The zero-order valence-electron chi connectivity index (χ0n) is 27.6. The van der Waals surface area contributed by atoms with E-state index in [0.29, 0.717) is 12.1 Å². The van der Waals surface area contributed by atoms with Crippen LogP contribution in [0.15, 0.2) is 85.3 Å². The lowest BCUT2D eigenvalue weighted by atomic mass is 9.95. The molecule has 0 saturated heterocycles. The summed E-state index contributed by atoms with van der Waals surface area (Å²) < 4.78 is 5.45. The molecule has 254 valence electrons. The highest BCUT2D eigenvalue weighted by Crippen LogP contribution is 2.20. The van der Waals surface area contributed by atoms with Gasteiger partial charge in [0.05, 0.1) is 18.5 Å². The van der Waals surface area contributed by atoms with Gasteiger partial charge in [-0.3, -0.25) is 14.4 Å². The van der Waals surface area contributed by atoms with Crippen molar-refractivity contribution in [2.45, 2.75) is 83.7 Å². The van der Waals surface area contributed by atoms with E-state index in [4.69, 9.17) is 4.74 Å². The van der Waals surface area contributed by atoms with E-state index >= 15 is 0 Å². The van der Waals surface area contributed by atoms with Crippen molar-refractivity contribution in [1.82, 2.24) is 25.9 Å². The summed E-state index contributed by atoms with van der Waals surface area (Å²) >= 11 is 0. The van der Waals surface area contributed by atoms with Gasteiger partial charge in [0, 0.05) is 37.6 Å². The number of carbonyl (C=O) groups is 4. The molecule has 4 aromatic rings. The first-order valence-corrected chi connectivity index (χ1v) is 16.3. The molecule has 1 heterocycles. The third-order valence-electron chi connectivity index (χ3n) is 8.09. The minimum Gasteiger partial charge on any atom is -0.445 e. The van der Waals surface area contributed by atoms with E-state index in [1.807, 2.05) is 86.6 Å². The van der Waals surface area contributed by atoms with Crippen molar-refractivity contribution in [1.29, 1.82) is 0 Å². The maximum absolute atomic E-state index is 14.0. The van der Waals surface area contributed by atoms with Crippen molar-refractivity contribution in [3.63, 3.8) is 0 Å². The second-order valence-electron chi connectivity index (χ2n) is 12.4. The van der Waals surface area contributed by atoms with Crippen LogP contribution in [-0.4, -0.2) is 63.0 Å². The third-order valence-corrected chi connectivity index (χ3v) is 8.09. The second kappa shape index (κ2) is 17.8. The Hall–Kier alpha value is -5.03. The summed E-state index contributed by atoms with van der Waals surface area (Å²) in [6.45, 7) is 5.65. The molecule has 0 spiro atoms. The zero-order valence-corrected chi connectivity index (χ0v) is 27.6. The van der Waals surface area contributed by atoms with Gasteiger partial charge in [-0.25, -0.2) is 9.78 Å². The Morgan fingerprint density at radius 3 is 2.25 bits per heavy atom. The SMILES string of the molecule is CCC(=O)CC(O)C(CC(C)C)NC(=O)[C@@H](Cc1cnc[nH]1)NC(=O)[C@H](Cc1cccc2ccccc12)NC(=O)OCc1ccccc1. The van der Waals surface area contributed by atoms with Gasteiger partial charge in [0.25, 0.3) is 0 Å². The van der Waals surface area contributed by atoms with Crippen LogP contribution in [-0.2, 0) is 38.6 Å². The number of aliphatic hydroxyl groups is 1. The van der Waals surface area contributed by atoms with Crippen LogP contribution < -0.4 is 16.0 Å². The van der Waals surface area contributed by atoms with Crippen LogP contribution in [0.5, 0.6) is 0 Å². The first-order valence-electron chi connectivity index (χ1n) is 16.3. The molecule has 0 aliphatic carbocycles. The van der Waals surface area contributed by atoms with Crippen LogP contribution in [0.4, 0.5) is 4.79 Å². The fourth-order valence-corrected chi connectivity index (χ4v) is 5.53. The van der Waals surface area contributed by atoms with Crippen LogP contribution in [0.2, 0.25) is 0 Å². The fourth-order valence-electron chi connectivity index (χ4n) is 5.53. The maximum atomic E-state index is 14.0. The Morgan fingerprint density at radius 1 is 0.854 bits per heavy atom. The molecule has 48 heavy (non-hydrogen) atoms. The van der Waals surface area contributed by atoms with Crippen molar-refractivity contribution in [3.8, 4) is 0 Å². The molecule has 0 radical (unpaired) electrons. The molecule has 4 atom stereocenters. The van der Waals surface area contributed by atoms with Gasteiger partial charge in [0.2, 0.25) is 11.8 Å². The summed E-state index contributed by atoms with van der Waals surface area (Å²) in [5, 5.41) is 21.2. The Bertz CT molecular complexity index is 1640. The normalized spacial score (nSPS) is 13.7. The number of alkyl carbamates (subject to hydrolysis) is 1. The monoisotopic (exact) mass is 655 g/mol. The molecule has 2 unspecified atom stereocenters. The molecule has 3 aromatic carbocycles. The number of Topliss-reactive ketones (excluding diaryl/α,β-unsaturated/α-hetero) is 1. The van der Waals surface area contributed by atoms with Crippen LogP contribution in [0, 0.1) is 5.92 Å². The van der Waals surface area contributed by atoms with Crippen LogP contribution >= 0.6 is 0 Å². The van der Waals surface area contributed by atoms with E-state index in [-0.39, 0.29) is 44.0 Å². The topological polar surface area (TPSA) is 163 Å². The molecule has 4 rings (SSSR count). The van der Waals surface area contributed by atoms with Crippen molar-refractivity contribution < 1.29 is 29.0 Å². The Morgan fingerprint density at radius 2 is 1.54 bits per heavy atom. The van der Waals surface area contributed by atoms with E-state index in [1.54, 1.807) is 13.1 Å². The predicted molar refractivity (Wildman–Crippen MR) is 183 cm³/mol. The number of benzene rings is 3. The van der Waals surface area contributed by atoms with E-state index in [0.717, 1.165) is 21.9 Å². The van der Waals surface area contributed by atoms with Crippen molar-refractivity contribution >= 4 is 34.5 Å². The van der Waals surface area contributed by atoms with Crippen molar-refractivity contribution in [3.05, 3.63) is 102 Å². The molecule has 5 N–H and O–H groups in total. The standard InChI is InChI=1S/C37H45N5O6/c1-4-29(43)20-34(44)31(17-24(2)3)40-36(46)33(19-28-21-38-23-39-28)41-35(45)32(42-37(47)48-22-25-11-6-5-7-12-25)18-27-15-10-14-26-13-8-9-16-30(26)27/h5-16,21,23-24,31-34,44H,4,17-20,22H2,1-3H3,(H,38,39)(H,40,46)(H,41,45)(H,42,47)/t31?,32-,33+,34?/m0/s1. The first kappa shape index (κ1) is 35.8. The Kier molecular flexibility index (Phi) is 13.3. The molecule has 3 amide bonds. The van der Waals surface area contributed by atoms with Crippen LogP contribution in [0.3, 0.4) is 0 Å². The number of aromatic amines is 1. The van der Waals surface area contributed by atoms with Gasteiger partial charge in [-0.05, 0) is 34.2 Å². The quantitative estimate of drug-likeness (QED) is 0.113. The van der Waals surface area contributed by atoms with Crippen molar-refractivity contribution in [2.24, 2.45) is 5.92 Å². The molecule has 0 aliphatic rings. The van der Waals surface area contributed by atoms with Gasteiger partial charge in [0.15, 0.2) is 0 Å². The zero-order chi connectivity index (χ0) is 34.5. The van der Waals surface area contributed by atoms with Gasteiger partial charge >= 0.3 is 6.09 Å². The molecule has 0 bridgehead atoms. The number of hydrogen-bond donors (Lipinski definition) is 5. The van der Waals surface area contributed by atoms with Gasteiger partial charge in [0.1, 0.15) is 24.5 Å². The summed E-state index contributed by atoms with van der Waals surface area (Å²) in [5.41, 5.74) is 2.21. The van der Waals surface area contributed by atoms with E-state index < -0.39 is 42.1 Å². The number of nitrogens with one attached hydrogen (secondary N) is 4. The fraction of sp³-hybridized carbons (Fsp3) is 0.378. The average Bonchev–Trinajstić information content (AvgIpc) is 3.60. The number of fused-ring (bicyclic) bond motifs is 1. The molecule has 1 aromatic heterocycles. The summed E-state index contributed by atoms with van der Waals surface area (Å²) in [5.74, 6) is -1.14. The average molecular weight is 656 g/mol. The molecule has 0 aliphatic heterocycles. The number of rotatable bonds is 17. The lowest BCUT2D eigenvalue weighted by molar-refractivity contribution is -0.131. The number of H-pyrrole nitrogens is 1. The number of carbonyl (C=O) groups excluding carboxylic acids is 4. The first-order chi connectivity index (χ1) is 23.1. The summed E-state index contributed by atoms with van der Waals surface area (Å²) in [7, 11) is 0. The Labute approximate surface area is 280 Å². The van der Waals surface area contributed by atoms with Crippen molar-refractivity contribution in [2.75, 3.05) is 0 Å². The van der Waals surface area contributed by atoms with Gasteiger partial charge in [-0.1, -0.05) is 93.6 Å². The number of aliphatic hydroxyl groups excluding tert-OH is 1. The van der Waals surface area contributed by atoms with E-state index in [9.17, 15) is 24.3 Å². The number of aromatic nitrogens is 2. The number of amides is 3. The minimum atomic E-state index is -1.10. The van der Waals surface area contributed by atoms with E-state index in [1.165, 1.54) is 6.33 Å². The van der Waals surface area contributed by atoms with Gasteiger partial charge in [-0.2, -0.15) is 0 Å². The number of imidazole rings is 1. The molecular weight excluding hydrogens is 610 g/mol. The maximum Gasteiger partial charge on any atom is 0.408 e. The molecule has 0 fully saturated rings. The van der Waals surface area contributed by atoms with E-state index in [2.05, 4.69) is 25.9 Å². The molecule has 0 saturated carbocycles. The predicted octanol–water partition coefficient (Wildman–Crippen LogP) is 4.39. The summed E-state index contributed by atoms with van der Waals surface area (Å²) in [4.78, 5) is 60.0. The van der Waals surface area contributed by atoms with Crippen LogP contribution in [0.1, 0.15) is 56.9 Å². The highest BCUT2D eigenvalue weighted by Gasteiger charge is 2.31. The smallest absolute Gasteiger partial charge is 0.408 e. The molecular formula is C37H45N5O6. The largest absolute Gasteiger partial charge is 0.445 e. The Balaban J connectivity index is 1.57. The second-order valence-corrected chi connectivity index (χ2v) is 12.4. The lowest BCUT2D eigenvalue weighted by Gasteiger charge is -2.28. The lowest BCUT2D eigenvalue weighted by Crippen LogP contribution is -2.57. The highest BCUT2D eigenvalue weighted by atomic mass is 16.5. The third kappa shape index (κ3) is 10.8. The number of ether oxygens (including phenoxy) is 1. The van der Waals surface area contributed by atoms with Gasteiger partial charge < -0.3 is 30.8 Å². The summed E-state index contributed by atoms with van der Waals surface area (Å²) in [6, 6.07) is 19.8. The molecule has 11 nitrogen and oxygen atoms in total.